The van der Waals surface area contributed by atoms with Crippen molar-refractivity contribution < 1.29 is 19.2 Å². The average molecular weight is 418 g/mol. The number of nitro groups is 1. The Hall–Kier alpha value is -3.13. The van der Waals surface area contributed by atoms with Crippen LogP contribution in [0, 0.1) is 17.0 Å². The monoisotopic (exact) mass is 417 g/mol. The number of nitrogens with one attached hydrogen (secondary N) is 1. The number of hydrogen-bond acceptors (Lipinski definition) is 6. The molecule has 1 aliphatic rings. The van der Waals surface area contributed by atoms with Gasteiger partial charge in [-0.15, -0.1) is 0 Å². The van der Waals surface area contributed by atoms with Gasteiger partial charge in [0.25, 0.3) is 11.6 Å². The van der Waals surface area contributed by atoms with E-state index in [1.807, 2.05) is 4.90 Å². The summed E-state index contributed by atoms with van der Waals surface area (Å²) in [6, 6.07) is 9.21. The van der Waals surface area contributed by atoms with Crippen molar-refractivity contribution in [2.75, 3.05) is 29.9 Å². The molecular weight excluding hydrogens is 398 g/mol. The molecule has 0 radical (unpaired) electrons. The van der Waals surface area contributed by atoms with E-state index in [9.17, 15) is 19.7 Å². The summed E-state index contributed by atoms with van der Waals surface area (Å²) >= 11 is 5.88. The molecule has 0 aromatic heterocycles. The average Bonchev–Trinajstić information content (AvgIpc) is 3.22. The van der Waals surface area contributed by atoms with Crippen LogP contribution in [0.3, 0.4) is 0 Å². The topological polar surface area (TPSA) is 102 Å². The SMILES string of the molecule is Cc1cc(Cl)ccc1NC(=O)COC(=O)c1ccc(N2CCCC2)c([N+](=O)[O-])c1. The maximum Gasteiger partial charge on any atom is 0.338 e. The number of rotatable bonds is 6. The zero-order valence-electron chi connectivity index (χ0n) is 15.8. The number of carbonyl (C=O) groups is 2. The van der Waals surface area contributed by atoms with Gasteiger partial charge in [-0.3, -0.25) is 14.9 Å². The number of ether oxygens (including phenoxy) is 1. The minimum Gasteiger partial charge on any atom is -0.452 e. The van der Waals surface area contributed by atoms with Gasteiger partial charge >= 0.3 is 5.97 Å². The van der Waals surface area contributed by atoms with E-state index in [0.717, 1.165) is 31.5 Å². The van der Waals surface area contributed by atoms with Gasteiger partial charge in [-0.05, 0) is 55.7 Å². The van der Waals surface area contributed by atoms with E-state index in [1.165, 1.54) is 12.1 Å². The van der Waals surface area contributed by atoms with Crippen LogP contribution in [-0.2, 0) is 9.53 Å². The molecule has 0 atom stereocenters. The summed E-state index contributed by atoms with van der Waals surface area (Å²) < 4.78 is 5.01. The predicted molar refractivity (Wildman–Crippen MR) is 110 cm³/mol. The molecule has 1 saturated heterocycles. The molecule has 2 aromatic rings. The molecule has 0 unspecified atom stereocenters. The van der Waals surface area contributed by atoms with Gasteiger partial charge in [0.1, 0.15) is 5.69 Å². The first-order valence-corrected chi connectivity index (χ1v) is 9.49. The Bertz CT molecular complexity index is 957. The highest BCUT2D eigenvalue weighted by atomic mass is 35.5. The number of anilines is 2. The Kier molecular flexibility index (Phi) is 6.33. The van der Waals surface area contributed by atoms with Crippen LogP contribution in [-0.4, -0.2) is 36.5 Å². The van der Waals surface area contributed by atoms with Crippen LogP contribution >= 0.6 is 11.6 Å². The van der Waals surface area contributed by atoms with Crippen LogP contribution in [0.25, 0.3) is 0 Å². The quantitative estimate of drug-likeness (QED) is 0.433. The number of esters is 1. The summed E-state index contributed by atoms with van der Waals surface area (Å²) in [5.41, 5.74) is 1.68. The van der Waals surface area contributed by atoms with Gasteiger partial charge in [0.05, 0.1) is 10.5 Å². The second kappa shape index (κ2) is 8.91. The summed E-state index contributed by atoms with van der Waals surface area (Å²) in [6.07, 6.45) is 1.95. The predicted octanol–water partition coefficient (Wildman–Crippen LogP) is 3.95. The molecule has 0 aliphatic carbocycles. The highest BCUT2D eigenvalue weighted by molar-refractivity contribution is 6.30. The maximum atomic E-state index is 12.3. The number of amides is 1. The Morgan fingerprint density at radius 2 is 1.93 bits per heavy atom. The van der Waals surface area contributed by atoms with E-state index in [0.29, 0.717) is 16.4 Å². The number of nitrogens with zero attached hydrogens (tertiary/aromatic N) is 2. The molecule has 1 aliphatic heterocycles. The van der Waals surface area contributed by atoms with Gasteiger partial charge < -0.3 is 15.0 Å². The first-order chi connectivity index (χ1) is 13.8. The summed E-state index contributed by atoms with van der Waals surface area (Å²) in [4.78, 5) is 37.2. The molecular formula is C20H20ClN3O5. The molecule has 0 bridgehead atoms. The minimum absolute atomic E-state index is 0.0233. The summed E-state index contributed by atoms with van der Waals surface area (Å²) in [5, 5.41) is 14.6. The van der Waals surface area contributed by atoms with Crippen molar-refractivity contribution in [2.45, 2.75) is 19.8 Å². The minimum atomic E-state index is -0.802. The Morgan fingerprint density at radius 1 is 1.21 bits per heavy atom. The van der Waals surface area contributed by atoms with Crippen LogP contribution in [0.15, 0.2) is 36.4 Å². The Balaban J connectivity index is 1.64. The summed E-state index contributed by atoms with van der Waals surface area (Å²) in [5.74, 6) is -1.32. The van der Waals surface area contributed by atoms with E-state index in [-0.39, 0.29) is 11.3 Å². The van der Waals surface area contributed by atoms with Gasteiger partial charge in [-0.25, -0.2) is 4.79 Å². The highest BCUT2D eigenvalue weighted by Crippen LogP contribution is 2.31. The lowest BCUT2D eigenvalue weighted by molar-refractivity contribution is -0.384. The van der Waals surface area contributed by atoms with Crippen LogP contribution in [0.1, 0.15) is 28.8 Å². The third-order valence-electron chi connectivity index (χ3n) is 4.65. The van der Waals surface area contributed by atoms with Crippen molar-refractivity contribution in [1.82, 2.24) is 0 Å². The Morgan fingerprint density at radius 3 is 2.59 bits per heavy atom. The molecule has 29 heavy (non-hydrogen) atoms. The summed E-state index contributed by atoms with van der Waals surface area (Å²) in [7, 11) is 0. The van der Waals surface area contributed by atoms with Crippen molar-refractivity contribution in [3.05, 3.63) is 62.7 Å². The second-order valence-electron chi connectivity index (χ2n) is 6.74. The van der Waals surface area contributed by atoms with E-state index in [2.05, 4.69) is 5.32 Å². The van der Waals surface area contributed by atoms with Crippen LogP contribution in [0.2, 0.25) is 5.02 Å². The third-order valence-corrected chi connectivity index (χ3v) is 4.89. The normalized spacial score (nSPS) is 13.2. The van der Waals surface area contributed by atoms with Crippen LogP contribution in [0.4, 0.5) is 17.1 Å². The van der Waals surface area contributed by atoms with Gasteiger partial charge in [0.2, 0.25) is 0 Å². The van der Waals surface area contributed by atoms with E-state index in [4.69, 9.17) is 16.3 Å². The van der Waals surface area contributed by atoms with Crippen molar-refractivity contribution in [3.8, 4) is 0 Å². The van der Waals surface area contributed by atoms with Gasteiger partial charge in [-0.1, -0.05) is 11.6 Å². The number of halogens is 1. The molecule has 8 nitrogen and oxygen atoms in total. The van der Waals surface area contributed by atoms with Gasteiger partial charge in [0.15, 0.2) is 6.61 Å². The van der Waals surface area contributed by atoms with Crippen LogP contribution < -0.4 is 10.2 Å². The number of hydrogen-bond donors (Lipinski definition) is 1. The molecule has 1 heterocycles. The molecule has 1 fully saturated rings. The molecule has 3 rings (SSSR count). The van der Waals surface area contributed by atoms with Crippen molar-refractivity contribution in [3.63, 3.8) is 0 Å². The Labute approximate surface area is 172 Å². The van der Waals surface area contributed by atoms with Crippen LogP contribution in [0.5, 0.6) is 0 Å². The lowest BCUT2D eigenvalue weighted by Gasteiger charge is -2.17. The molecule has 9 heteroatoms. The van der Waals surface area contributed by atoms with E-state index in [1.54, 1.807) is 31.2 Å². The summed E-state index contributed by atoms with van der Waals surface area (Å²) in [6.45, 7) is 2.76. The fourth-order valence-corrected chi connectivity index (χ4v) is 3.42. The second-order valence-corrected chi connectivity index (χ2v) is 7.17. The number of aryl methyl sites for hydroxylation is 1. The fourth-order valence-electron chi connectivity index (χ4n) is 3.19. The van der Waals surface area contributed by atoms with Crippen molar-refractivity contribution in [2.24, 2.45) is 0 Å². The van der Waals surface area contributed by atoms with Gasteiger partial charge in [0, 0.05) is 29.9 Å². The van der Waals surface area contributed by atoms with E-state index >= 15 is 0 Å². The van der Waals surface area contributed by atoms with E-state index < -0.39 is 23.4 Å². The lowest BCUT2D eigenvalue weighted by atomic mass is 10.1. The first kappa shape index (κ1) is 20.6. The smallest absolute Gasteiger partial charge is 0.338 e. The van der Waals surface area contributed by atoms with Crippen molar-refractivity contribution in [1.29, 1.82) is 0 Å². The lowest BCUT2D eigenvalue weighted by Crippen LogP contribution is -2.22. The standard InChI is InChI=1S/C20H20ClN3O5/c1-13-10-15(21)5-6-16(13)22-19(25)12-29-20(26)14-4-7-17(18(11-14)24(27)28)23-8-2-3-9-23/h4-7,10-11H,2-3,8-9,12H2,1H3,(H,22,25). The molecule has 1 amide bonds. The molecule has 0 spiro atoms. The molecule has 0 saturated carbocycles. The fraction of sp³-hybridized carbons (Fsp3) is 0.300. The first-order valence-electron chi connectivity index (χ1n) is 9.11. The largest absolute Gasteiger partial charge is 0.452 e. The number of nitro benzene ring substituents is 1. The molecule has 1 N–H and O–H groups in total. The third kappa shape index (κ3) is 5.03. The maximum absolute atomic E-state index is 12.3. The molecule has 2 aromatic carbocycles. The number of carbonyl (C=O) groups excluding carboxylic acids is 2. The molecule has 152 valence electrons. The van der Waals surface area contributed by atoms with Gasteiger partial charge in [-0.2, -0.15) is 0 Å². The zero-order chi connectivity index (χ0) is 21.0. The highest BCUT2D eigenvalue weighted by Gasteiger charge is 2.24. The number of benzene rings is 2. The zero-order valence-corrected chi connectivity index (χ0v) is 16.6. The van der Waals surface area contributed by atoms with Crippen molar-refractivity contribution >= 4 is 40.5 Å².